The summed E-state index contributed by atoms with van der Waals surface area (Å²) in [6, 6.07) is 2.19. The molecule has 1 aliphatic rings. The van der Waals surface area contributed by atoms with Gasteiger partial charge in [0.1, 0.15) is 5.69 Å². The summed E-state index contributed by atoms with van der Waals surface area (Å²) in [4.78, 5) is 14.8. The van der Waals surface area contributed by atoms with Gasteiger partial charge >= 0.3 is 12.1 Å². The molecule has 120 valence electrons. The molecular weight excluding hydrogens is 297 g/mol. The van der Waals surface area contributed by atoms with Gasteiger partial charge in [-0.2, -0.15) is 13.2 Å². The number of carbonyl (C=O) groups is 1. The van der Waals surface area contributed by atoms with Crippen LogP contribution in [-0.2, 0) is 15.7 Å². The first-order valence-corrected chi connectivity index (χ1v) is 6.87. The number of halogens is 3. The number of methoxy groups -OCH3 is 1. The maximum Gasteiger partial charge on any atom is 0.433 e. The number of pyridine rings is 1. The molecule has 0 spiro atoms. The van der Waals surface area contributed by atoms with Crippen molar-refractivity contribution >= 4 is 5.97 Å². The first-order chi connectivity index (χ1) is 10.3. The van der Waals surface area contributed by atoms with Gasteiger partial charge in [-0.15, -0.1) is 0 Å². The summed E-state index contributed by atoms with van der Waals surface area (Å²) in [5, 5.41) is 0. The molecule has 0 bridgehead atoms. The molecule has 0 saturated heterocycles. The second-order valence-corrected chi connectivity index (χ2v) is 5.31. The molecule has 1 heterocycles. The molecular formula is C15H17F3N2O2. The van der Waals surface area contributed by atoms with Crippen LogP contribution in [0.4, 0.5) is 13.2 Å². The predicted octanol–water partition coefficient (Wildman–Crippen LogP) is 2.79. The minimum Gasteiger partial charge on any atom is -0.466 e. The zero-order valence-corrected chi connectivity index (χ0v) is 12.1. The fourth-order valence-corrected chi connectivity index (χ4v) is 2.60. The molecule has 0 radical (unpaired) electrons. The lowest BCUT2D eigenvalue weighted by atomic mass is 9.78. The van der Waals surface area contributed by atoms with E-state index >= 15 is 0 Å². The molecule has 1 aromatic rings. The Morgan fingerprint density at radius 3 is 2.73 bits per heavy atom. The van der Waals surface area contributed by atoms with Gasteiger partial charge in [-0.1, -0.05) is 11.6 Å². The van der Waals surface area contributed by atoms with Crippen LogP contribution in [-0.4, -0.2) is 24.1 Å². The van der Waals surface area contributed by atoms with Crippen molar-refractivity contribution in [2.45, 2.75) is 37.4 Å². The molecule has 2 N–H and O–H groups in total. The fourth-order valence-electron chi connectivity index (χ4n) is 2.60. The average Bonchev–Trinajstić information content (AvgIpc) is 2.48. The number of hydrogen-bond donors (Lipinski definition) is 1. The molecule has 0 amide bonds. The summed E-state index contributed by atoms with van der Waals surface area (Å²) in [6.45, 7) is 0. The molecule has 1 fully saturated rings. The van der Waals surface area contributed by atoms with Gasteiger partial charge in [0.25, 0.3) is 0 Å². The van der Waals surface area contributed by atoms with Crippen LogP contribution in [0.25, 0.3) is 0 Å². The Bertz CT molecular complexity index is 567. The Labute approximate surface area is 126 Å². The number of allylic oxidation sites excluding steroid dienone is 1. The molecule has 2 atom stereocenters. The van der Waals surface area contributed by atoms with Crippen LogP contribution in [0.5, 0.6) is 0 Å². The van der Waals surface area contributed by atoms with Gasteiger partial charge in [-0.3, -0.25) is 4.98 Å². The lowest BCUT2D eigenvalue weighted by Gasteiger charge is -2.30. The summed E-state index contributed by atoms with van der Waals surface area (Å²) in [7, 11) is 1.30. The van der Waals surface area contributed by atoms with E-state index in [1.54, 1.807) is 0 Å². The van der Waals surface area contributed by atoms with Crippen LogP contribution in [0, 0.1) is 0 Å². The van der Waals surface area contributed by atoms with Gasteiger partial charge in [0.05, 0.1) is 7.11 Å². The molecule has 0 aromatic carbocycles. The molecule has 4 nitrogen and oxygen atoms in total. The Morgan fingerprint density at radius 2 is 2.18 bits per heavy atom. The maximum atomic E-state index is 12.5. The zero-order valence-electron chi connectivity index (χ0n) is 12.1. The highest BCUT2D eigenvalue weighted by Crippen LogP contribution is 2.36. The summed E-state index contributed by atoms with van der Waals surface area (Å²) in [5.41, 5.74) is 6.68. The Balaban J connectivity index is 2.19. The highest BCUT2D eigenvalue weighted by atomic mass is 19.4. The summed E-state index contributed by atoms with van der Waals surface area (Å²) in [5.74, 6) is -0.589. The van der Waals surface area contributed by atoms with Crippen molar-refractivity contribution in [3.63, 3.8) is 0 Å². The average molecular weight is 314 g/mol. The van der Waals surface area contributed by atoms with Crippen molar-refractivity contribution < 1.29 is 22.7 Å². The molecule has 1 saturated carbocycles. The highest BCUT2D eigenvalue weighted by molar-refractivity contribution is 5.82. The van der Waals surface area contributed by atoms with E-state index in [2.05, 4.69) is 9.72 Å². The highest BCUT2D eigenvalue weighted by Gasteiger charge is 2.33. The molecule has 7 heteroatoms. The van der Waals surface area contributed by atoms with Crippen molar-refractivity contribution in [2.24, 2.45) is 5.73 Å². The topological polar surface area (TPSA) is 65.2 Å². The standard InChI is InChI=1S/C15H17F3N2O2/c1-22-14(21)7-9-2-4-12(19)11(6-9)10-3-5-13(20-8-10)15(16,17)18/h3,5,7-8,11-12H,2,4,6,19H2,1H3/t11-,12+/m0/s1. The molecule has 2 rings (SSSR count). The second-order valence-electron chi connectivity index (χ2n) is 5.31. The largest absolute Gasteiger partial charge is 0.466 e. The van der Waals surface area contributed by atoms with E-state index in [1.165, 1.54) is 25.4 Å². The second kappa shape index (κ2) is 6.48. The number of alkyl halides is 3. The van der Waals surface area contributed by atoms with Crippen LogP contribution in [0.3, 0.4) is 0 Å². The van der Waals surface area contributed by atoms with E-state index in [0.29, 0.717) is 24.8 Å². The van der Waals surface area contributed by atoms with Crippen molar-refractivity contribution in [1.82, 2.24) is 4.98 Å². The fraction of sp³-hybridized carbons (Fsp3) is 0.467. The number of ether oxygens (including phenoxy) is 1. The summed E-state index contributed by atoms with van der Waals surface area (Å²) in [6.07, 6.45) is 0.0483. The van der Waals surface area contributed by atoms with Crippen molar-refractivity contribution in [2.75, 3.05) is 7.11 Å². The van der Waals surface area contributed by atoms with E-state index in [9.17, 15) is 18.0 Å². The summed E-state index contributed by atoms with van der Waals surface area (Å²) >= 11 is 0. The molecule has 1 aliphatic carbocycles. The molecule has 0 aliphatic heterocycles. The van der Waals surface area contributed by atoms with Gasteiger partial charge in [-0.05, 0) is 30.9 Å². The number of esters is 1. The van der Waals surface area contributed by atoms with Crippen LogP contribution < -0.4 is 5.73 Å². The monoisotopic (exact) mass is 314 g/mol. The van der Waals surface area contributed by atoms with Gasteiger partial charge in [0.15, 0.2) is 0 Å². The maximum absolute atomic E-state index is 12.5. The third-order valence-electron chi connectivity index (χ3n) is 3.83. The van der Waals surface area contributed by atoms with Crippen LogP contribution in [0.15, 0.2) is 30.0 Å². The number of carbonyl (C=O) groups excluding carboxylic acids is 1. The lowest BCUT2D eigenvalue weighted by molar-refractivity contribution is -0.141. The van der Waals surface area contributed by atoms with Crippen molar-refractivity contribution in [3.8, 4) is 0 Å². The summed E-state index contributed by atoms with van der Waals surface area (Å²) < 4.78 is 42.2. The van der Waals surface area contributed by atoms with E-state index in [1.807, 2.05) is 0 Å². The third kappa shape index (κ3) is 3.85. The Morgan fingerprint density at radius 1 is 1.45 bits per heavy atom. The Hall–Kier alpha value is -1.89. The smallest absolute Gasteiger partial charge is 0.433 e. The SMILES string of the molecule is COC(=O)C=C1CC[C@@H](N)[C@H](c2ccc(C(F)(F)F)nc2)C1. The van der Waals surface area contributed by atoms with E-state index in [0.717, 1.165) is 11.6 Å². The Kier molecular flexibility index (Phi) is 4.85. The number of rotatable bonds is 2. The number of nitrogens with zero attached hydrogens (tertiary/aromatic N) is 1. The molecule has 1 aromatic heterocycles. The normalized spacial score (nSPS) is 24.3. The van der Waals surface area contributed by atoms with Crippen molar-refractivity contribution in [3.05, 3.63) is 41.2 Å². The van der Waals surface area contributed by atoms with Gasteiger partial charge in [0, 0.05) is 24.2 Å². The number of hydrogen-bond acceptors (Lipinski definition) is 4. The quantitative estimate of drug-likeness (QED) is 0.673. The number of aromatic nitrogens is 1. The van der Waals surface area contributed by atoms with E-state index in [4.69, 9.17) is 5.73 Å². The third-order valence-corrected chi connectivity index (χ3v) is 3.83. The van der Waals surface area contributed by atoms with E-state index < -0.39 is 17.8 Å². The number of nitrogens with two attached hydrogens (primary N) is 1. The van der Waals surface area contributed by atoms with E-state index in [-0.39, 0.29) is 12.0 Å². The minimum absolute atomic E-state index is 0.153. The van der Waals surface area contributed by atoms with Crippen LogP contribution in [0.1, 0.15) is 36.4 Å². The van der Waals surface area contributed by atoms with Gasteiger partial charge in [-0.25, -0.2) is 4.79 Å². The van der Waals surface area contributed by atoms with Gasteiger partial charge in [0.2, 0.25) is 0 Å². The van der Waals surface area contributed by atoms with Crippen LogP contribution >= 0.6 is 0 Å². The van der Waals surface area contributed by atoms with Gasteiger partial charge < -0.3 is 10.5 Å². The molecule has 22 heavy (non-hydrogen) atoms. The first kappa shape index (κ1) is 16.5. The first-order valence-electron chi connectivity index (χ1n) is 6.87. The van der Waals surface area contributed by atoms with Crippen molar-refractivity contribution in [1.29, 1.82) is 0 Å². The zero-order chi connectivity index (χ0) is 16.3. The minimum atomic E-state index is -4.46. The lowest BCUT2D eigenvalue weighted by Crippen LogP contribution is -2.32. The predicted molar refractivity (Wildman–Crippen MR) is 73.9 cm³/mol. The van der Waals surface area contributed by atoms with Crippen LogP contribution in [0.2, 0.25) is 0 Å². The molecule has 0 unspecified atom stereocenters.